The lowest BCUT2D eigenvalue weighted by Crippen LogP contribution is -2.38. The fourth-order valence-corrected chi connectivity index (χ4v) is 5.17. The molecule has 2 atom stereocenters. The maximum Gasteiger partial charge on any atom is 0.236 e. The fraction of sp³-hybridized carbons (Fsp3) is 0.652. The Hall–Kier alpha value is -1.49. The van der Waals surface area contributed by atoms with Crippen LogP contribution in [0.4, 0.5) is 0 Å². The van der Waals surface area contributed by atoms with Crippen LogP contribution in [0.1, 0.15) is 69.9 Å². The zero-order valence-corrected chi connectivity index (χ0v) is 18.7. The van der Waals surface area contributed by atoms with E-state index in [-0.39, 0.29) is 33.8 Å². The average molecular weight is 403 g/mol. The molecule has 1 aliphatic carbocycles. The van der Waals surface area contributed by atoms with Crippen molar-refractivity contribution in [3.8, 4) is 0 Å². The van der Waals surface area contributed by atoms with Crippen LogP contribution in [0.2, 0.25) is 0 Å². The van der Waals surface area contributed by atoms with E-state index in [1.807, 2.05) is 23.8 Å². The third kappa shape index (κ3) is 4.56. The van der Waals surface area contributed by atoms with Gasteiger partial charge in [-0.3, -0.25) is 9.59 Å². The van der Waals surface area contributed by atoms with Gasteiger partial charge in [-0.1, -0.05) is 51.5 Å². The molecule has 1 saturated heterocycles. The highest BCUT2D eigenvalue weighted by molar-refractivity contribution is 8.01. The van der Waals surface area contributed by atoms with Crippen molar-refractivity contribution >= 4 is 23.6 Å². The molecule has 3 rings (SSSR count). The fourth-order valence-electron chi connectivity index (χ4n) is 3.86. The SMILES string of the molecule is C[C@H]1S[C@@H](c2ccc(C(C)(C)C)cc2)N(CCCN(C)C(=O)C2CCC2)C1=O. The van der Waals surface area contributed by atoms with E-state index in [1.165, 1.54) is 17.5 Å². The second kappa shape index (κ2) is 8.48. The van der Waals surface area contributed by atoms with Gasteiger partial charge in [0.1, 0.15) is 5.37 Å². The summed E-state index contributed by atoms with van der Waals surface area (Å²) in [4.78, 5) is 28.9. The van der Waals surface area contributed by atoms with Crippen LogP contribution in [0.5, 0.6) is 0 Å². The van der Waals surface area contributed by atoms with Crippen LogP contribution >= 0.6 is 11.8 Å². The molecule has 1 aromatic rings. The number of nitrogens with zero attached hydrogens (tertiary/aromatic N) is 2. The van der Waals surface area contributed by atoms with Crippen molar-refractivity contribution in [3.63, 3.8) is 0 Å². The number of benzene rings is 1. The third-order valence-corrected chi connectivity index (χ3v) is 7.43. The van der Waals surface area contributed by atoms with E-state index < -0.39 is 0 Å². The van der Waals surface area contributed by atoms with Crippen molar-refractivity contribution in [3.05, 3.63) is 35.4 Å². The van der Waals surface area contributed by atoms with Crippen molar-refractivity contribution in [2.24, 2.45) is 5.92 Å². The lowest BCUT2D eigenvalue weighted by Gasteiger charge is -2.30. The van der Waals surface area contributed by atoms with Crippen molar-refractivity contribution in [1.82, 2.24) is 9.80 Å². The molecule has 1 aromatic carbocycles. The molecule has 2 aliphatic rings. The summed E-state index contributed by atoms with van der Waals surface area (Å²) in [6.45, 7) is 10.1. The van der Waals surface area contributed by atoms with Crippen LogP contribution in [0, 0.1) is 5.92 Å². The number of thioether (sulfide) groups is 1. The first kappa shape index (κ1) is 21.2. The highest BCUT2D eigenvalue weighted by Gasteiger charge is 2.38. The first-order chi connectivity index (χ1) is 13.2. The Bertz CT molecular complexity index is 706. The smallest absolute Gasteiger partial charge is 0.236 e. The maximum atomic E-state index is 12.7. The summed E-state index contributed by atoms with van der Waals surface area (Å²) in [6.07, 6.45) is 4.07. The Morgan fingerprint density at radius 3 is 2.39 bits per heavy atom. The summed E-state index contributed by atoms with van der Waals surface area (Å²) in [5.41, 5.74) is 2.62. The van der Waals surface area contributed by atoms with Gasteiger partial charge in [-0.15, -0.1) is 11.8 Å². The molecule has 154 valence electrons. The quantitative estimate of drug-likeness (QED) is 0.698. The molecule has 5 heteroatoms. The number of rotatable bonds is 6. The molecule has 2 fully saturated rings. The van der Waals surface area contributed by atoms with Crippen LogP contribution < -0.4 is 0 Å². The molecule has 28 heavy (non-hydrogen) atoms. The zero-order valence-electron chi connectivity index (χ0n) is 17.9. The number of carbonyl (C=O) groups excluding carboxylic acids is 2. The molecule has 0 unspecified atom stereocenters. The molecule has 2 amide bonds. The number of carbonyl (C=O) groups is 2. The van der Waals surface area contributed by atoms with Gasteiger partial charge in [0.15, 0.2) is 0 Å². The molecule has 0 spiro atoms. The molecular formula is C23H34N2O2S. The molecule has 0 radical (unpaired) electrons. The van der Waals surface area contributed by atoms with Crippen molar-refractivity contribution < 1.29 is 9.59 Å². The monoisotopic (exact) mass is 402 g/mol. The predicted molar refractivity (Wildman–Crippen MR) is 116 cm³/mol. The standard InChI is InChI=1S/C23H34N2O2S/c1-16-20(26)25(15-7-14-24(5)21(27)17-8-6-9-17)22(28-16)18-10-12-19(13-11-18)23(2,3)4/h10-13,16-17,22H,6-9,14-15H2,1-5H3/t16-,22+/m1/s1. The lowest BCUT2D eigenvalue weighted by atomic mass is 9.84. The number of hydrogen-bond donors (Lipinski definition) is 0. The number of amides is 2. The van der Waals surface area contributed by atoms with E-state index in [9.17, 15) is 9.59 Å². The first-order valence-corrected chi connectivity index (χ1v) is 11.4. The van der Waals surface area contributed by atoms with E-state index in [1.54, 1.807) is 11.8 Å². The molecule has 1 heterocycles. The summed E-state index contributed by atoms with van der Waals surface area (Å²) in [5.74, 6) is 0.724. The minimum atomic E-state index is -0.0124. The van der Waals surface area contributed by atoms with Crippen molar-refractivity contribution in [2.75, 3.05) is 20.1 Å². The second-order valence-corrected chi connectivity index (χ2v) is 10.7. The van der Waals surface area contributed by atoms with E-state index >= 15 is 0 Å². The van der Waals surface area contributed by atoms with Gasteiger partial charge < -0.3 is 9.80 Å². The Labute approximate surface area is 174 Å². The van der Waals surface area contributed by atoms with Crippen LogP contribution in [0.3, 0.4) is 0 Å². The molecular weight excluding hydrogens is 368 g/mol. The van der Waals surface area contributed by atoms with Gasteiger partial charge in [-0.25, -0.2) is 0 Å². The largest absolute Gasteiger partial charge is 0.345 e. The van der Waals surface area contributed by atoms with Crippen LogP contribution in [0.15, 0.2) is 24.3 Å². The number of hydrogen-bond acceptors (Lipinski definition) is 3. The Morgan fingerprint density at radius 1 is 1.21 bits per heavy atom. The first-order valence-electron chi connectivity index (χ1n) is 10.5. The molecule has 0 bridgehead atoms. The van der Waals surface area contributed by atoms with Crippen LogP contribution in [-0.4, -0.2) is 47.0 Å². The Morgan fingerprint density at radius 2 is 1.86 bits per heavy atom. The Kier molecular flexibility index (Phi) is 6.43. The second-order valence-electron chi connectivity index (χ2n) is 9.28. The van der Waals surface area contributed by atoms with E-state index in [2.05, 4.69) is 45.0 Å². The van der Waals surface area contributed by atoms with Crippen LogP contribution in [0.25, 0.3) is 0 Å². The maximum absolute atomic E-state index is 12.7. The third-order valence-electron chi connectivity index (χ3n) is 6.03. The average Bonchev–Trinajstić information content (AvgIpc) is 2.88. The highest BCUT2D eigenvalue weighted by atomic mass is 32.2. The van der Waals surface area contributed by atoms with Gasteiger partial charge in [-0.05, 0) is 42.7 Å². The molecule has 1 aliphatic heterocycles. The molecule has 0 N–H and O–H groups in total. The molecule has 4 nitrogen and oxygen atoms in total. The van der Waals surface area contributed by atoms with E-state index in [0.29, 0.717) is 13.1 Å². The summed E-state index contributed by atoms with van der Waals surface area (Å²) < 4.78 is 0. The van der Waals surface area contributed by atoms with E-state index in [4.69, 9.17) is 0 Å². The Balaban J connectivity index is 1.61. The zero-order chi connectivity index (χ0) is 20.5. The van der Waals surface area contributed by atoms with Gasteiger partial charge in [0.25, 0.3) is 0 Å². The lowest BCUT2D eigenvalue weighted by molar-refractivity contribution is -0.136. The normalized spacial score (nSPS) is 23.0. The van der Waals surface area contributed by atoms with Gasteiger partial charge in [-0.2, -0.15) is 0 Å². The highest BCUT2D eigenvalue weighted by Crippen LogP contribution is 2.43. The van der Waals surface area contributed by atoms with E-state index in [0.717, 1.165) is 19.3 Å². The predicted octanol–water partition coefficient (Wildman–Crippen LogP) is 4.60. The van der Waals surface area contributed by atoms with Crippen molar-refractivity contribution in [2.45, 2.75) is 69.4 Å². The minimum Gasteiger partial charge on any atom is -0.345 e. The topological polar surface area (TPSA) is 40.6 Å². The van der Waals surface area contributed by atoms with Gasteiger partial charge in [0, 0.05) is 26.1 Å². The summed E-state index contributed by atoms with van der Waals surface area (Å²) >= 11 is 1.73. The summed E-state index contributed by atoms with van der Waals surface area (Å²) in [6, 6.07) is 8.71. The van der Waals surface area contributed by atoms with Crippen molar-refractivity contribution in [1.29, 1.82) is 0 Å². The summed E-state index contributed by atoms with van der Waals surface area (Å²) in [7, 11) is 1.90. The van der Waals surface area contributed by atoms with Gasteiger partial charge in [0.2, 0.25) is 11.8 Å². The molecule has 1 saturated carbocycles. The van der Waals surface area contributed by atoms with Gasteiger partial charge in [0.05, 0.1) is 5.25 Å². The summed E-state index contributed by atoms with van der Waals surface area (Å²) in [5, 5.41) is 0.0609. The molecule has 0 aromatic heterocycles. The minimum absolute atomic E-state index is 0.0124. The van der Waals surface area contributed by atoms with Crippen LogP contribution in [-0.2, 0) is 15.0 Å². The van der Waals surface area contributed by atoms with Gasteiger partial charge >= 0.3 is 0 Å².